The fraction of sp³-hybridized carbons (Fsp3) is 0.375. The minimum Gasteiger partial charge on any atom is -0.376 e. The van der Waals surface area contributed by atoms with E-state index in [-0.39, 0.29) is 5.69 Å². The summed E-state index contributed by atoms with van der Waals surface area (Å²) in [7, 11) is 0. The smallest absolute Gasteiger partial charge is 0.258 e. The number of nitrogens with zero attached hydrogens (tertiary/aromatic N) is 1. The van der Waals surface area contributed by atoms with Crippen LogP contribution < -0.4 is 5.32 Å². The van der Waals surface area contributed by atoms with Crippen LogP contribution in [0.25, 0.3) is 0 Å². The molecule has 1 atom stereocenters. The Morgan fingerprint density at radius 3 is 2.62 bits per heavy atom. The van der Waals surface area contributed by atoms with Crippen molar-refractivity contribution in [1.82, 2.24) is 4.98 Å². The van der Waals surface area contributed by atoms with Crippen molar-refractivity contribution in [3.63, 3.8) is 0 Å². The summed E-state index contributed by atoms with van der Waals surface area (Å²) in [4.78, 5) is 3.51. The van der Waals surface area contributed by atoms with Crippen LogP contribution in [0.2, 0.25) is 0 Å². The predicted molar refractivity (Wildman–Crippen MR) is 43.3 cm³/mol. The van der Waals surface area contributed by atoms with Gasteiger partial charge in [0.25, 0.3) is 6.43 Å². The highest BCUT2D eigenvalue weighted by atomic mass is 19.3. The van der Waals surface area contributed by atoms with Crippen LogP contribution in [0.4, 0.5) is 18.9 Å². The van der Waals surface area contributed by atoms with Gasteiger partial charge in [-0.05, 0) is 6.92 Å². The Kier molecular flexibility index (Phi) is 3.11. The maximum Gasteiger partial charge on any atom is 0.258 e. The van der Waals surface area contributed by atoms with Crippen LogP contribution in [0.15, 0.2) is 18.5 Å². The molecule has 1 rings (SSSR count). The lowest BCUT2D eigenvalue weighted by Gasteiger charge is -2.13. The summed E-state index contributed by atoms with van der Waals surface area (Å²) in [5, 5.41) is 2.43. The van der Waals surface area contributed by atoms with E-state index >= 15 is 0 Å². The highest BCUT2D eigenvalue weighted by Crippen LogP contribution is 2.11. The zero-order valence-electron chi connectivity index (χ0n) is 6.97. The molecule has 1 N–H and O–H groups in total. The Morgan fingerprint density at radius 2 is 2.08 bits per heavy atom. The summed E-state index contributed by atoms with van der Waals surface area (Å²) in [5.41, 5.74) is 0.257. The van der Waals surface area contributed by atoms with Gasteiger partial charge < -0.3 is 5.32 Å². The van der Waals surface area contributed by atoms with E-state index in [1.165, 1.54) is 13.1 Å². The summed E-state index contributed by atoms with van der Waals surface area (Å²) in [6.45, 7) is 1.32. The van der Waals surface area contributed by atoms with Crippen LogP contribution in [0, 0.1) is 5.82 Å². The predicted octanol–water partition coefficient (Wildman–Crippen LogP) is 2.29. The molecule has 0 aliphatic heterocycles. The first-order valence-electron chi connectivity index (χ1n) is 3.75. The lowest BCUT2D eigenvalue weighted by Crippen LogP contribution is -2.23. The van der Waals surface area contributed by atoms with Crippen molar-refractivity contribution in [2.45, 2.75) is 19.4 Å². The third-order valence-electron chi connectivity index (χ3n) is 1.48. The molecular formula is C8H9F3N2. The average molecular weight is 190 g/mol. The molecule has 0 saturated heterocycles. The van der Waals surface area contributed by atoms with Gasteiger partial charge in [0.05, 0.1) is 24.1 Å². The van der Waals surface area contributed by atoms with Gasteiger partial charge >= 0.3 is 0 Å². The van der Waals surface area contributed by atoms with Crippen molar-refractivity contribution in [3.05, 3.63) is 24.3 Å². The minimum atomic E-state index is -2.48. The molecule has 0 spiro atoms. The molecule has 0 saturated carbocycles. The lowest BCUT2D eigenvalue weighted by atomic mass is 10.3. The van der Waals surface area contributed by atoms with Gasteiger partial charge in [0.15, 0.2) is 0 Å². The van der Waals surface area contributed by atoms with Gasteiger partial charge in [-0.15, -0.1) is 0 Å². The fourth-order valence-corrected chi connectivity index (χ4v) is 0.817. The first-order valence-corrected chi connectivity index (χ1v) is 3.75. The third-order valence-corrected chi connectivity index (χ3v) is 1.48. The number of nitrogens with one attached hydrogen (secondary N) is 1. The minimum absolute atomic E-state index is 0.257. The number of hydrogen-bond donors (Lipinski definition) is 1. The quantitative estimate of drug-likeness (QED) is 0.790. The molecule has 13 heavy (non-hydrogen) atoms. The fourth-order valence-electron chi connectivity index (χ4n) is 0.817. The number of anilines is 1. The largest absolute Gasteiger partial charge is 0.376 e. The molecule has 0 radical (unpaired) electrons. The molecule has 72 valence electrons. The molecule has 2 nitrogen and oxygen atoms in total. The molecule has 1 aromatic heterocycles. The number of halogens is 3. The van der Waals surface area contributed by atoms with Gasteiger partial charge in [-0.1, -0.05) is 0 Å². The summed E-state index contributed by atoms with van der Waals surface area (Å²) < 4.78 is 36.6. The molecule has 0 fully saturated rings. The summed E-state index contributed by atoms with van der Waals surface area (Å²) in [6, 6.07) is 0.106. The van der Waals surface area contributed by atoms with E-state index in [0.717, 1.165) is 12.3 Å². The number of aromatic nitrogens is 1. The second-order valence-electron chi connectivity index (χ2n) is 2.66. The number of hydrogen-bond acceptors (Lipinski definition) is 2. The van der Waals surface area contributed by atoms with Crippen LogP contribution in [0.5, 0.6) is 0 Å². The van der Waals surface area contributed by atoms with E-state index in [2.05, 4.69) is 10.3 Å². The van der Waals surface area contributed by atoms with E-state index < -0.39 is 18.3 Å². The maximum absolute atomic E-state index is 12.5. The Labute approximate surface area is 73.8 Å². The molecule has 1 aromatic rings. The molecule has 0 aliphatic carbocycles. The van der Waals surface area contributed by atoms with E-state index in [1.807, 2.05) is 0 Å². The van der Waals surface area contributed by atoms with E-state index in [9.17, 15) is 13.2 Å². The van der Waals surface area contributed by atoms with E-state index in [0.29, 0.717) is 0 Å². The van der Waals surface area contributed by atoms with Crippen LogP contribution in [0.3, 0.4) is 0 Å². The molecule has 1 heterocycles. The Morgan fingerprint density at radius 1 is 1.38 bits per heavy atom. The zero-order valence-corrected chi connectivity index (χ0v) is 6.97. The summed E-state index contributed by atoms with van der Waals surface area (Å²) in [6.07, 6.45) is -0.177. The Bertz CT molecular complexity index is 278. The van der Waals surface area contributed by atoms with Gasteiger partial charge in [0.2, 0.25) is 0 Å². The topological polar surface area (TPSA) is 24.9 Å². The van der Waals surface area contributed by atoms with Gasteiger partial charge in [-0.25, -0.2) is 13.2 Å². The average Bonchev–Trinajstić information content (AvgIpc) is 2.04. The van der Waals surface area contributed by atoms with Gasteiger partial charge in [-0.3, -0.25) is 4.98 Å². The third kappa shape index (κ3) is 2.93. The van der Waals surface area contributed by atoms with Crippen molar-refractivity contribution < 1.29 is 13.2 Å². The van der Waals surface area contributed by atoms with Gasteiger partial charge in [0, 0.05) is 6.07 Å². The van der Waals surface area contributed by atoms with Crippen molar-refractivity contribution in [3.8, 4) is 0 Å². The molecule has 0 aliphatic rings. The van der Waals surface area contributed by atoms with Crippen molar-refractivity contribution in [2.75, 3.05) is 5.32 Å². The highest BCUT2D eigenvalue weighted by molar-refractivity contribution is 5.41. The standard InChI is InChI=1S/C8H9F3N2/c1-5(8(10)11)13-7-2-6(9)3-12-4-7/h2-5,8,13H,1H3. The summed E-state index contributed by atoms with van der Waals surface area (Å²) >= 11 is 0. The number of pyridine rings is 1. The Balaban J connectivity index is 2.64. The van der Waals surface area contributed by atoms with Gasteiger partial charge in [0.1, 0.15) is 5.82 Å². The highest BCUT2D eigenvalue weighted by Gasteiger charge is 2.13. The first-order chi connectivity index (χ1) is 6.09. The van der Waals surface area contributed by atoms with Gasteiger partial charge in [-0.2, -0.15) is 0 Å². The van der Waals surface area contributed by atoms with Crippen LogP contribution in [-0.2, 0) is 0 Å². The van der Waals surface area contributed by atoms with Crippen molar-refractivity contribution >= 4 is 5.69 Å². The van der Waals surface area contributed by atoms with E-state index in [4.69, 9.17) is 0 Å². The monoisotopic (exact) mass is 190 g/mol. The molecular weight excluding hydrogens is 181 g/mol. The SMILES string of the molecule is CC(Nc1cncc(F)c1)C(F)F. The Hall–Kier alpha value is -1.26. The van der Waals surface area contributed by atoms with Crippen molar-refractivity contribution in [1.29, 1.82) is 0 Å². The molecule has 0 amide bonds. The number of alkyl halides is 2. The maximum atomic E-state index is 12.5. The van der Waals surface area contributed by atoms with E-state index in [1.54, 1.807) is 0 Å². The first kappa shape index (κ1) is 9.83. The molecule has 0 bridgehead atoms. The number of rotatable bonds is 3. The zero-order chi connectivity index (χ0) is 9.84. The second-order valence-corrected chi connectivity index (χ2v) is 2.66. The second kappa shape index (κ2) is 4.11. The lowest BCUT2D eigenvalue weighted by molar-refractivity contribution is 0.130. The van der Waals surface area contributed by atoms with Crippen molar-refractivity contribution in [2.24, 2.45) is 0 Å². The van der Waals surface area contributed by atoms with Crippen LogP contribution >= 0.6 is 0 Å². The molecule has 0 aromatic carbocycles. The normalized spacial score (nSPS) is 13.0. The molecule has 5 heteroatoms. The van der Waals surface area contributed by atoms with Crippen LogP contribution in [-0.4, -0.2) is 17.5 Å². The molecule has 1 unspecified atom stereocenters. The summed E-state index contributed by atoms with van der Waals surface area (Å²) in [5.74, 6) is -0.550. The van der Waals surface area contributed by atoms with Crippen LogP contribution in [0.1, 0.15) is 6.92 Å².